The van der Waals surface area contributed by atoms with Gasteiger partial charge in [-0.3, -0.25) is 0 Å². The SMILES string of the molecule is c1ncc2cc3n(c2n1)CCCCCC3. The quantitative estimate of drug-likeness (QED) is 0.655. The summed E-state index contributed by atoms with van der Waals surface area (Å²) in [5, 5.41) is 1.19. The van der Waals surface area contributed by atoms with E-state index in [1.54, 1.807) is 6.33 Å². The first-order chi connectivity index (χ1) is 7.45. The standard InChI is InChI=1S/C12H15N3/c1-2-4-6-15-11(5-3-1)7-10-8-13-9-14-12(10)15/h7-9H,1-6H2. The van der Waals surface area contributed by atoms with Crippen LogP contribution in [0.4, 0.5) is 0 Å². The number of hydrogen-bond donors (Lipinski definition) is 0. The monoisotopic (exact) mass is 201 g/mol. The molecule has 0 unspecified atom stereocenters. The third-order valence-electron chi connectivity index (χ3n) is 3.21. The van der Waals surface area contributed by atoms with E-state index in [2.05, 4.69) is 20.6 Å². The van der Waals surface area contributed by atoms with Crippen LogP contribution in [0.2, 0.25) is 0 Å². The van der Waals surface area contributed by atoms with Crippen molar-refractivity contribution in [2.45, 2.75) is 38.6 Å². The molecule has 3 rings (SSSR count). The zero-order valence-corrected chi connectivity index (χ0v) is 8.82. The summed E-state index contributed by atoms with van der Waals surface area (Å²) < 4.78 is 2.37. The second kappa shape index (κ2) is 3.65. The van der Waals surface area contributed by atoms with Gasteiger partial charge in [-0.1, -0.05) is 12.8 Å². The molecule has 1 aliphatic rings. The van der Waals surface area contributed by atoms with Gasteiger partial charge in [0, 0.05) is 23.8 Å². The molecule has 0 spiro atoms. The first kappa shape index (κ1) is 8.89. The first-order valence-electron chi connectivity index (χ1n) is 5.73. The first-order valence-corrected chi connectivity index (χ1v) is 5.73. The second-order valence-electron chi connectivity index (χ2n) is 4.25. The van der Waals surface area contributed by atoms with Crippen LogP contribution in [0.3, 0.4) is 0 Å². The molecule has 0 atom stereocenters. The highest BCUT2D eigenvalue weighted by Crippen LogP contribution is 2.22. The van der Waals surface area contributed by atoms with Crippen molar-refractivity contribution in [2.75, 3.05) is 0 Å². The highest BCUT2D eigenvalue weighted by Gasteiger charge is 2.11. The van der Waals surface area contributed by atoms with Crippen LogP contribution in [-0.2, 0) is 13.0 Å². The molecule has 2 aromatic rings. The minimum Gasteiger partial charge on any atom is -0.330 e. The Morgan fingerprint density at radius 2 is 2.07 bits per heavy atom. The van der Waals surface area contributed by atoms with Crippen LogP contribution in [-0.4, -0.2) is 14.5 Å². The lowest BCUT2D eigenvalue weighted by Gasteiger charge is -2.13. The second-order valence-corrected chi connectivity index (χ2v) is 4.25. The van der Waals surface area contributed by atoms with Gasteiger partial charge >= 0.3 is 0 Å². The van der Waals surface area contributed by atoms with E-state index in [9.17, 15) is 0 Å². The lowest BCUT2D eigenvalue weighted by molar-refractivity contribution is 0.530. The fourth-order valence-corrected chi connectivity index (χ4v) is 2.44. The summed E-state index contributed by atoms with van der Waals surface area (Å²) in [5.41, 5.74) is 2.55. The van der Waals surface area contributed by atoms with Crippen LogP contribution in [0.25, 0.3) is 11.0 Å². The molecule has 0 saturated carbocycles. The van der Waals surface area contributed by atoms with Crippen LogP contribution in [0.15, 0.2) is 18.6 Å². The van der Waals surface area contributed by atoms with Gasteiger partial charge in [0.1, 0.15) is 12.0 Å². The number of aromatic nitrogens is 3. The Kier molecular flexibility index (Phi) is 2.16. The molecule has 3 heteroatoms. The molecule has 0 aromatic carbocycles. The maximum Gasteiger partial charge on any atom is 0.143 e. The molecule has 2 aromatic heterocycles. The third kappa shape index (κ3) is 1.52. The van der Waals surface area contributed by atoms with Crippen LogP contribution in [0, 0.1) is 0 Å². The van der Waals surface area contributed by atoms with Crippen molar-refractivity contribution in [1.82, 2.24) is 14.5 Å². The Balaban J connectivity index is 2.15. The summed E-state index contributed by atoms with van der Waals surface area (Å²) >= 11 is 0. The zero-order valence-electron chi connectivity index (χ0n) is 8.82. The van der Waals surface area contributed by atoms with Crippen molar-refractivity contribution in [3.63, 3.8) is 0 Å². The van der Waals surface area contributed by atoms with Crippen molar-refractivity contribution < 1.29 is 0 Å². The van der Waals surface area contributed by atoms with Gasteiger partial charge in [0.2, 0.25) is 0 Å². The van der Waals surface area contributed by atoms with Crippen molar-refractivity contribution >= 4 is 11.0 Å². The smallest absolute Gasteiger partial charge is 0.143 e. The molecule has 1 aliphatic heterocycles. The Labute approximate surface area is 89.2 Å². The van der Waals surface area contributed by atoms with E-state index in [1.165, 1.54) is 43.2 Å². The Morgan fingerprint density at radius 3 is 3.07 bits per heavy atom. The number of rotatable bonds is 0. The van der Waals surface area contributed by atoms with E-state index in [4.69, 9.17) is 0 Å². The summed E-state index contributed by atoms with van der Waals surface area (Å²) in [4.78, 5) is 8.46. The molecular formula is C12H15N3. The third-order valence-corrected chi connectivity index (χ3v) is 3.21. The van der Waals surface area contributed by atoms with Crippen molar-refractivity contribution in [3.05, 3.63) is 24.3 Å². The van der Waals surface area contributed by atoms with E-state index in [-0.39, 0.29) is 0 Å². The van der Waals surface area contributed by atoms with E-state index >= 15 is 0 Å². The number of aryl methyl sites for hydroxylation is 2. The molecular weight excluding hydrogens is 186 g/mol. The van der Waals surface area contributed by atoms with Crippen LogP contribution in [0.5, 0.6) is 0 Å². The molecule has 0 saturated heterocycles. The molecule has 0 radical (unpaired) electrons. The highest BCUT2D eigenvalue weighted by molar-refractivity contribution is 5.76. The largest absolute Gasteiger partial charge is 0.330 e. The van der Waals surface area contributed by atoms with Crippen LogP contribution >= 0.6 is 0 Å². The van der Waals surface area contributed by atoms with Gasteiger partial charge in [-0.15, -0.1) is 0 Å². The molecule has 0 fully saturated rings. The summed E-state index contributed by atoms with van der Waals surface area (Å²) in [7, 11) is 0. The lowest BCUT2D eigenvalue weighted by atomic mass is 10.1. The Hall–Kier alpha value is -1.38. The molecule has 0 aliphatic carbocycles. The van der Waals surface area contributed by atoms with Gasteiger partial charge in [-0.25, -0.2) is 9.97 Å². The van der Waals surface area contributed by atoms with Crippen LogP contribution < -0.4 is 0 Å². The van der Waals surface area contributed by atoms with Crippen molar-refractivity contribution in [2.24, 2.45) is 0 Å². The minimum atomic E-state index is 1.11. The van der Waals surface area contributed by atoms with Crippen LogP contribution in [0.1, 0.15) is 31.4 Å². The maximum absolute atomic E-state index is 4.38. The molecule has 3 heterocycles. The topological polar surface area (TPSA) is 30.7 Å². The number of fused-ring (bicyclic) bond motifs is 3. The van der Waals surface area contributed by atoms with E-state index in [1.807, 2.05) is 6.20 Å². The maximum atomic E-state index is 4.38. The van der Waals surface area contributed by atoms with E-state index < -0.39 is 0 Å². The van der Waals surface area contributed by atoms with Crippen molar-refractivity contribution in [1.29, 1.82) is 0 Å². The van der Waals surface area contributed by atoms with Crippen molar-refractivity contribution in [3.8, 4) is 0 Å². The summed E-state index contributed by atoms with van der Waals surface area (Å²) in [6.07, 6.45) is 10.1. The number of nitrogens with zero attached hydrogens (tertiary/aromatic N) is 3. The Morgan fingerprint density at radius 1 is 1.13 bits per heavy atom. The zero-order chi connectivity index (χ0) is 10.1. The highest BCUT2D eigenvalue weighted by atomic mass is 15.1. The average Bonchev–Trinajstić information content (AvgIpc) is 2.55. The predicted molar refractivity (Wildman–Crippen MR) is 59.7 cm³/mol. The van der Waals surface area contributed by atoms with Gasteiger partial charge < -0.3 is 4.57 Å². The summed E-state index contributed by atoms with van der Waals surface area (Å²) in [5.74, 6) is 0. The van der Waals surface area contributed by atoms with Gasteiger partial charge in [-0.2, -0.15) is 0 Å². The minimum absolute atomic E-state index is 1.11. The van der Waals surface area contributed by atoms with Gasteiger partial charge in [0.15, 0.2) is 0 Å². The van der Waals surface area contributed by atoms with E-state index in [0.717, 1.165) is 12.2 Å². The molecule has 15 heavy (non-hydrogen) atoms. The fraction of sp³-hybridized carbons (Fsp3) is 0.500. The fourth-order valence-electron chi connectivity index (χ4n) is 2.44. The predicted octanol–water partition coefficient (Wildman–Crippen LogP) is 2.55. The van der Waals surface area contributed by atoms with Gasteiger partial charge in [0.05, 0.1) is 0 Å². The van der Waals surface area contributed by atoms with Gasteiger partial charge in [0.25, 0.3) is 0 Å². The number of hydrogen-bond acceptors (Lipinski definition) is 2. The lowest BCUT2D eigenvalue weighted by Crippen LogP contribution is -2.06. The summed E-state index contributed by atoms with van der Waals surface area (Å²) in [6.45, 7) is 1.12. The normalized spacial score (nSPS) is 17.1. The molecule has 0 N–H and O–H groups in total. The molecule has 0 amide bonds. The summed E-state index contributed by atoms with van der Waals surface area (Å²) in [6, 6.07) is 2.25. The Bertz CT molecular complexity index is 473. The molecule has 3 nitrogen and oxygen atoms in total. The molecule has 0 bridgehead atoms. The van der Waals surface area contributed by atoms with E-state index in [0.29, 0.717) is 0 Å². The molecule has 78 valence electrons. The average molecular weight is 201 g/mol. The van der Waals surface area contributed by atoms with Gasteiger partial charge in [-0.05, 0) is 25.3 Å².